The lowest BCUT2D eigenvalue weighted by atomic mass is 10.3. The fourth-order valence-electron chi connectivity index (χ4n) is 1.26. The van der Waals surface area contributed by atoms with Gasteiger partial charge in [0.2, 0.25) is 11.2 Å². The van der Waals surface area contributed by atoms with E-state index >= 15 is 0 Å². The van der Waals surface area contributed by atoms with Crippen LogP contribution in [0.15, 0.2) is 6.07 Å². The molecule has 9 heteroatoms. The number of nitrogens with one attached hydrogen (secondary N) is 1. The first-order chi connectivity index (χ1) is 8.74. The molecule has 0 radical (unpaired) electrons. The molecule has 0 aromatic carbocycles. The van der Waals surface area contributed by atoms with Crippen molar-refractivity contribution in [1.82, 2.24) is 15.3 Å². The van der Waals surface area contributed by atoms with Gasteiger partial charge in [-0.25, -0.2) is 9.97 Å². The van der Waals surface area contributed by atoms with E-state index in [1.165, 1.54) is 19.0 Å². The Morgan fingerprint density at radius 3 is 2.63 bits per heavy atom. The summed E-state index contributed by atoms with van der Waals surface area (Å²) in [7, 11) is 2.99. The number of rotatable bonds is 4. The molecule has 0 saturated carbocycles. The van der Waals surface area contributed by atoms with Crippen LogP contribution in [0.25, 0.3) is 0 Å². The van der Waals surface area contributed by atoms with Gasteiger partial charge in [-0.1, -0.05) is 0 Å². The standard InChI is InChI=1S/C10H12ClF3N4O/c1-15-8(19)3-4-18(2)7-5-6(10(12,13)14)16-9(11)17-7/h5H,3-4H2,1-2H3,(H,15,19). The van der Waals surface area contributed by atoms with Crippen LogP contribution in [-0.4, -0.2) is 36.5 Å². The van der Waals surface area contributed by atoms with Gasteiger partial charge in [-0.2, -0.15) is 13.2 Å². The number of amides is 1. The zero-order valence-corrected chi connectivity index (χ0v) is 11.0. The summed E-state index contributed by atoms with van der Waals surface area (Å²) in [5, 5.41) is 1.93. The fourth-order valence-corrected chi connectivity index (χ4v) is 1.43. The average molecular weight is 297 g/mol. The quantitative estimate of drug-likeness (QED) is 0.860. The molecule has 0 unspecified atom stereocenters. The van der Waals surface area contributed by atoms with Crippen LogP contribution in [-0.2, 0) is 11.0 Å². The smallest absolute Gasteiger partial charge is 0.359 e. The van der Waals surface area contributed by atoms with Crippen LogP contribution in [0.2, 0.25) is 5.28 Å². The Balaban J connectivity index is 2.88. The number of anilines is 1. The van der Waals surface area contributed by atoms with E-state index in [0.717, 1.165) is 6.07 Å². The van der Waals surface area contributed by atoms with Crippen LogP contribution in [0.1, 0.15) is 12.1 Å². The van der Waals surface area contributed by atoms with Gasteiger partial charge in [0.25, 0.3) is 0 Å². The van der Waals surface area contributed by atoms with Crippen molar-refractivity contribution >= 4 is 23.3 Å². The molecular formula is C10H12ClF3N4O. The molecule has 1 heterocycles. The number of aromatic nitrogens is 2. The monoisotopic (exact) mass is 296 g/mol. The lowest BCUT2D eigenvalue weighted by molar-refractivity contribution is -0.141. The molecule has 0 atom stereocenters. The summed E-state index contributed by atoms with van der Waals surface area (Å²) < 4.78 is 37.6. The molecule has 19 heavy (non-hydrogen) atoms. The summed E-state index contributed by atoms with van der Waals surface area (Å²) in [5.41, 5.74) is -1.12. The molecule has 0 aliphatic carbocycles. The fraction of sp³-hybridized carbons (Fsp3) is 0.500. The molecule has 106 valence electrons. The minimum absolute atomic E-state index is 0.0104. The zero-order valence-electron chi connectivity index (χ0n) is 10.3. The first-order valence-corrected chi connectivity index (χ1v) is 5.65. The minimum Gasteiger partial charge on any atom is -0.359 e. The van der Waals surface area contributed by atoms with Gasteiger partial charge in [-0.3, -0.25) is 4.79 Å². The predicted octanol–water partition coefficient (Wildman–Crippen LogP) is 1.72. The highest BCUT2D eigenvalue weighted by Gasteiger charge is 2.33. The molecule has 0 aliphatic rings. The Hall–Kier alpha value is -1.57. The van der Waals surface area contributed by atoms with Gasteiger partial charge in [0.1, 0.15) is 5.82 Å². The Morgan fingerprint density at radius 1 is 1.47 bits per heavy atom. The van der Waals surface area contributed by atoms with Gasteiger partial charge in [-0.05, 0) is 11.6 Å². The van der Waals surface area contributed by atoms with E-state index in [0.29, 0.717) is 0 Å². The topological polar surface area (TPSA) is 58.1 Å². The second kappa shape index (κ2) is 6.05. The number of nitrogens with zero attached hydrogens (tertiary/aromatic N) is 3. The molecule has 1 N–H and O–H groups in total. The molecule has 0 bridgehead atoms. The third kappa shape index (κ3) is 4.55. The third-order valence-corrected chi connectivity index (χ3v) is 2.49. The molecule has 0 aliphatic heterocycles. The maximum absolute atomic E-state index is 12.5. The average Bonchev–Trinajstić information content (AvgIpc) is 2.33. The normalized spacial score (nSPS) is 11.3. The van der Waals surface area contributed by atoms with Gasteiger partial charge in [0, 0.05) is 33.1 Å². The van der Waals surface area contributed by atoms with E-state index in [2.05, 4.69) is 15.3 Å². The summed E-state index contributed by atoms with van der Waals surface area (Å²) in [6, 6.07) is 0.787. The number of halogens is 4. The SMILES string of the molecule is CNC(=O)CCN(C)c1cc(C(F)(F)F)nc(Cl)n1. The molecule has 1 aromatic heterocycles. The summed E-state index contributed by atoms with van der Waals surface area (Å²) in [6.45, 7) is 0.213. The van der Waals surface area contributed by atoms with Crippen molar-refractivity contribution in [2.75, 3.05) is 25.5 Å². The van der Waals surface area contributed by atoms with Crippen molar-refractivity contribution in [3.63, 3.8) is 0 Å². The van der Waals surface area contributed by atoms with Crippen molar-refractivity contribution in [3.05, 3.63) is 17.0 Å². The van der Waals surface area contributed by atoms with Crippen LogP contribution >= 0.6 is 11.6 Å². The predicted molar refractivity (Wildman–Crippen MR) is 64.0 cm³/mol. The van der Waals surface area contributed by atoms with E-state index in [4.69, 9.17) is 11.6 Å². The Bertz CT molecular complexity index is 467. The summed E-state index contributed by atoms with van der Waals surface area (Å²) >= 11 is 5.46. The van der Waals surface area contributed by atoms with E-state index in [9.17, 15) is 18.0 Å². The number of alkyl halides is 3. The molecule has 0 fully saturated rings. The molecular weight excluding hydrogens is 285 g/mol. The lowest BCUT2D eigenvalue weighted by Crippen LogP contribution is -2.27. The van der Waals surface area contributed by atoms with E-state index in [1.807, 2.05) is 0 Å². The van der Waals surface area contributed by atoms with Crippen molar-refractivity contribution < 1.29 is 18.0 Å². The number of carbonyl (C=O) groups is 1. The second-order valence-electron chi connectivity index (χ2n) is 3.72. The Morgan fingerprint density at radius 2 is 2.11 bits per heavy atom. The van der Waals surface area contributed by atoms with Crippen molar-refractivity contribution in [2.24, 2.45) is 0 Å². The number of hydrogen-bond donors (Lipinski definition) is 1. The van der Waals surface area contributed by atoms with E-state index in [1.54, 1.807) is 0 Å². The van der Waals surface area contributed by atoms with Crippen LogP contribution in [0.4, 0.5) is 19.0 Å². The Kier molecular flexibility index (Phi) is 4.93. The number of carbonyl (C=O) groups excluding carboxylic acids is 1. The van der Waals surface area contributed by atoms with Crippen LogP contribution < -0.4 is 10.2 Å². The molecule has 1 amide bonds. The van der Waals surface area contributed by atoms with E-state index in [-0.39, 0.29) is 24.7 Å². The molecule has 0 saturated heterocycles. The van der Waals surface area contributed by atoms with Crippen molar-refractivity contribution in [3.8, 4) is 0 Å². The Labute approximate surface area is 112 Å². The van der Waals surface area contributed by atoms with Crippen molar-refractivity contribution in [1.29, 1.82) is 0 Å². The highest BCUT2D eigenvalue weighted by Crippen LogP contribution is 2.30. The molecule has 5 nitrogen and oxygen atoms in total. The summed E-state index contributed by atoms with van der Waals surface area (Å²) in [4.78, 5) is 19.3. The van der Waals surface area contributed by atoms with Gasteiger partial charge < -0.3 is 10.2 Å². The summed E-state index contributed by atoms with van der Waals surface area (Å²) in [5.74, 6) is -0.209. The first-order valence-electron chi connectivity index (χ1n) is 5.27. The van der Waals surface area contributed by atoms with E-state index < -0.39 is 17.2 Å². The minimum atomic E-state index is -4.59. The van der Waals surface area contributed by atoms with Gasteiger partial charge in [0.15, 0.2) is 5.69 Å². The largest absolute Gasteiger partial charge is 0.433 e. The molecule has 0 spiro atoms. The van der Waals surface area contributed by atoms with Gasteiger partial charge >= 0.3 is 6.18 Å². The second-order valence-corrected chi connectivity index (χ2v) is 4.06. The highest BCUT2D eigenvalue weighted by atomic mass is 35.5. The zero-order chi connectivity index (χ0) is 14.6. The van der Waals surface area contributed by atoms with Crippen LogP contribution in [0, 0.1) is 0 Å². The lowest BCUT2D eigenvalue weighted by Gasteiger charge is -2.18. The molecule has 1 aromatic rings. The maximum atomic E-state index is 12.5. The maximum Gasteiger partial charge on any atom is 0.433 e. The van der Waals surface area contributed by atoms with Crippen LogP contribution in [0.5, 0.6) is 0 Å². The van der Waals surface area contributed by atoms with Crippen molar-refractivity contribution in [2.45, 2.75) is 12.6 Å². The number of hydrogen-bond acceptors (Lipinski definition) is 4. The first kappa shape index (κ1) is 15.5. The molecule has 1 rings (SSSR count). The van der Waals surface area contributed by atoms with Crippen LogP contribution in [0.3, 0.4) is 0 Å². The van der Waals surface area contributed by atoms with Gasteiger partial charge in [0.05, 0.1) is 0 Å². The highest BCUT2D eigenvalue weighted by molar-refractivity contribution is 6.28. The summed E-state index contributed by atoms with van der Waals surface area (Å²) in [6.07, 6.45) is -4.46. The third-order valence-electron chi connectivity index (χ3n) is 2.32. The van der Waals surface area contributed by atoms with Gasteiger partial charge in [-0.15, -0.1) is 0 Å².